The predicted octanol–water partition coefficient (Wildman–Crippen LogP) is 1.07. The lowest BCUT2D eigenvalue weighted by atomic mass is 10.5. The summed E-state index contributed by atoms with van der Waals surface area (Å²) in [6, 6.07) is 1.92. The number of likely N-dealkylation sites (N-methyl/N-ethyl adjacent to an activating group) is 1. The molecule has 0 aliphatic carbocycles. The summed E-state index contributed by atoms with van der Waals surface area (Å²) in [5.41, 5.74) is 0.278. The Morgan fingerprint density at radius 2 is 2.12 bits per heavy atom. The maximum atomic E-state index is 8.64. The topological polar surface area (TPSA) is 62.0 Å². The van der Waals surface area contributed by atoms with Crippen molar-refractivity contribution in [1.82, 2.24) is 14.9 Å². The highest BCUT2D eigenvalue weighted by Gasteiger charge is 2.01. The van der Waals surface area contributed by atoms with Gasteiger partial charge in [0, 0.05) is 6.54 Å². The molecule has 0 fully saturated rings. The maximum absolute atomic E-state index is 8.64. The Morgan fingerprint density at radius 1 is 1.38 bits per heavy atom. The Labute approximate surface area is 95.7 Å². The van der Waals surface area contributed by atoms with Gasteiger partial charge in [-0.3, -0.25) is 4.98 Å². The van der Waals surface area contributed by atoms with E-state index in [1.165, 1.54) is 12.4 Å². The number of rotatable bonds is 6. The average Bonchev–Trinajstić information content (AvgIpc) is 2.35. The van der Waals surface area contributed by atoms with Crippen molar-refractivity contribution in [3.8, 4) is 11.9 Å². The van der Waals surface area contributed by atoms with E-state index in [0.717, 1.165) is 19.6 Å². The molecule has 0 spiro atoms. The van der Waals surface area contributed by atoms with Gasteiger partial charge in [-0.05, 0) is 13.1 Å². The molecule has 86 valence electrons. The van der Waals surface area contributed by atoms with Crippen LogP contribution in [0.25, 0.3) is 0 Å². The molecule has 16 heavy (non-hydrogen) atoms. The summed E-state index contributed by atoms with van der Waals surface area (Å²) in [5.74, 6) is 0.409. The van der Waals surface area contributed by atoms with Crippen LogP contribution in [0.2, 0.25) is 0 Å². The summed E-state index contributed by atoms with van der Waals surface area (Å²) in [6.07, 6.45) is 2.93. The molecule has 0 amide bonds. The van der Waals surface area contributed by atoms with Crippen LogP contribution in [0.15, 0.2) is 12.4 Å². The lowest BCUT2D eigenvalue weighted by molar-refractivity contribution is 0.217. The molecule has 1 aromatic rings. The summed E-state index contributed by atoms with van der Waals surface area (Å²) >= 11 is 0. The molecule has 1 heterocycles. The second-order valence-electron chi connectivity index (χ2n) is 3.23. The summed E-state index contributed by atoms with van der Waals surface area (Å²) in [4.78, 5) is 10.1. The molecule has 0 N–H and O–H groups in total. The zero-order chi connectivity index (χ0) is 11.8. The first kappa shape index (κ1) is 12.4. The number of hydrogen-bond donors (Lipinski definition) is 0. The van der Waals surface area contributed by atoms with Crippen molar-refractivity contribution < 1.29 is 4.74 Å². The van der Waals surface area contributed by atoms with Crippen LogP contribution in [0, 0.1) is 11.3 Å². The fourth-order valence-electron chi connectivity index (χ4n) is 1.29. The first-order valence-corrected chi connectivity index (χ1v) is 5.37. The van der Waals surface area contributed by atoms with Crippen LogP contribution < -0.4 is 4.74 Å². The summed E-state index contributed by atoms with van der Waals surface area (Å²) in [7, 11) is 0. The molecule has 0 saturated carbocycles. The summed E-state index contributed by atoms with van der Waals surface area (Å²) in [5, 5.41) is 8.64. The lowest BCUT2D eigenvalue weighted by Gasteiger charge is -2.17. The van der Waals surface area contributed by atoms with Gasteiger partial charge in [0.1, 0.15) is 12.7 Å². The fourth-order valence-corrected chi connectivity index (χ4v) is 1.29. The highest BCUT2D eigenvalue weighted by atomic mass is 16.5. The third-order valence-corrected chi connectivity index (χ3v) is 2.28. The highest BCUT2D eigenvalue weighted by molar-refractivity contribution is 5.19. The third-order valence-electron chi connectivity index (χ3n) is 2.28. The molecule has 5 heteroatoms. The van der Waals surface area contributed by atoms with E-state index in [2.05, 4.69) is 28.7 Å². The van der Waals surface area contributed by atoms with Crippen molar-refractivity contribution in [3.63, 3.8) is 0 Å². The molecule has 0 radical (unpaired) electrons. The van der Waals surface area contributed by atoms with Crippen LogP contribution in [-0.2, 0) is 0 Å². The Hall–Kier alpha value is -1.67. The molecule has 0 aromatic carbocycles. The van der Waals surface area contributed by atoms with E-state index in [0.29, 0.717) is 12.5 Å². The predicted molar refractivity (Wildman–Crippen MR) is 60.0 cm³/mol. The third kappa shape index (κ3) is 3.83. The van der Waals surface area contributed by atoms with Crippen molar-refractivity contribution in [2.45, 2.75) is 13.8 Å². The van der Waals surface area contributed by atoms with E-state index in [1.807, 2.05) is 6.07 Å². The van der Waals surface area contributed by atoms with Crippen molar-refractivity contribution in [1.29, 1.82) is 5.26 Å². The van der Waals surface area contributed by atoms with E-state index in [4.69, 9.17) is 10.00 Å². The van der Waals surface area contributed by atoms with E-state index in [9.17, 15) is 0 Å². The first-order chi connectivity index (χ1) is 7.80. The quantitative estimate of drug-likeness (QED) is 0.717. The Balaban J connectivity index is 2.40. The number of ether oxygens (including phenoxy) is 1. The molecule has 1 aromatic heterocycles. The van der Waals surface area contributed by atoms with Gasteiger partial charge in [-0.25, -0.2) is 0 Å². The second-order valence-corrected chi connectivity index (χ2v) is 3.23. The van der Waals surface area contributed by atoms with E-state index >= 15 is 0 Å². The Bertz CT molecular complexity index is 357. The highest BCUT2D eigenvalue weighted by Crippen LogP contribution is 2.04. The van der Waals surface area contributed by atoms with Crippen LogP contribution in [0.5, 0.6) is 5.88 Å². The molecule has 1 rings (SSSR count). The van der Waals surface area contributed by atoms with Crippen molar-refractivity contribution in [2.24, 2.45) is 0 Å². The molecular formula is C11H16N4O. The van der Waals surface area contributed by atoms with E-state index < -0.39 is 0 Å². The monoisotopic (exact) mass is 220 g/mol. The minimum Gasteiger partial charge on any atom is -0.475 e. The molecule has 0 bridgehead atoms. The number of nitriles is 1. The summed E-state index contributed by atoms with van der Waals surface area (Å²) in [6.45, 7) is 7.64. The molecule has 0 unspecified atom stereocenters. The average molecular weight is 220 g/mol. The van der Waals surface area contributed by atoms with Crippen molar-refractivity contribution >= 4 is 0 Å². The molecule has 0 aliphatic heterocycles. The second kappa shape index (κ2) is 6.75. The minimum atomic E-state index is 0.278. The fraction of sp³-hybridized carbons (Fsp3) is 0.545. The lowest BCUT2D eigenvalue weighted by Crippen LogP contribution is -2.28. The van der Waals surface area contributed by atoms with Crippen molar-refractivity contribution in [3.05, 3.63) is 18.1 Å². The Kier molecular flexibility index (Phi) is 5.23. The zero-order valence-electron chi connectivity index (χ0n) is 9.68. The zero-order valence-corrected chi connectivity index (χ0v) is 9.68. The van der Waals surface area contributed by atoms with E-state index in [1.54, 1.807) is 0 Å². The van der Waals surface area contributed by atoms with Gasteiger partial charge in [0.05, 0.1) is 12.4 Å². The van der Waals surface area contributed by atoms with Gasteiger partial charge in [0.25, 0.3) is 0 Å². The first-order valence-electron chi connectivity index (χ1n) is 5.37. The molecule has 0 saturated heterocycles. The van der Waals surface area contributed by atoms with Gasteiger partial charge in [-0.2, -0.15) is 10.2 Å². The summed E-state index contributed by atoms with van der Waals surface area (Å²) < 4.78 is 5.42. The van der Waals surface area contributed by atoms with Crippen LogP contribution in [0.3, 0.4) is 0 Å². The van der Waals surface area contributed by atoms with Gasteiger partial charge in [0.2, 0.25) is 5.88 Å². The number of nitrogens with zero attached hydrogens (tertiary/aromatic N) is 4. The van der Waals surface area contributed by atoms with E-state index in [-0.39, 0.29) is 5.69 Å². The van der Waals surface area contributed by atoms with Crippen LogP contribution in [0.1, 0.15) is 19.5 Å². The van der Waals surface area contributed by atoms with Crippen LogP contribution in [0.4, 0.5) is 0 Å². The molecule has 5 nitrogen and oxygen atoms in total. The standard InChI is InChI=1S/C11H16N4O/c1-3-15(4-2)5-6-16-11-9-13-8-10(7-12)14-11/h8-9H,3-6H2,1-2H3. The molecule has 0 atom stereocenters. The smallest absolute Gasteiger partial charge is 0.233 e. The molecule has 0 aliphatic rings. The van der Waals surface area contributed by atoms with Gasteiger partial charge in [-0.1, -0.05) is 13.8 Å². The van der Waals surface area contributed by atoms with Gasteiger partial charge in [0.15, 0.2) is 5.69 Å². The number of hydrogen-bond acceptors (Lipinski definition) is 5. The maximum Gasteiger partial charge on any atom is 0.233 e. The van der Waals surface area contributed by atoms with Crippen LogP contribution >= 0.6 is 0 Å². The SMILES string of the molecule is CCN(CC)CCOc1cncc(C#N)n1. The normalized spacial score (nSPS) is 10.1. The number of aromatic nitrogens is 2. The van der Waals surface area contributed by atoms with Gasteiger partial charge < -0.3 is 9.64 Å². The van der Waals surface area contributed by atoms with Crippen molar-refractivity contribution in [2.75, 3.05) is 26.2 Å². The Morgan fingerprint density at radius 3 is 2.75 bits per heavy atom. The molecular weight excluding hydrogens is 204 g/mol. The largest absolute Gasteiger partial charge is 0.475 e. The van der Waals surface area contributed by atoms with Gasteiger partial charge in [-0.15, -0.1) is 0 Å². The minimum absolute atomic E-state index is 0.278. The van der Waals surface area contributed by atoms with Gasteiger partial charge >= 0.3 is 0 Å². The van der Waals surface area contributed by atoms with Crippen LogP contribution in [-0.4, -0.2) is 41.1 Å².